The number of carbonyl (C=O) groups excluding carboxylic acids is 1. The molecule has 0 aliphatic carbocycles. The van der Waals surface area contributed by atoms with E-state index in [1.807, 2.05) is 31.2 Å². The summed E-state index contributed by atoms with van der Waals surface area (Å²) in [5.74, 6) is 0.709. The molecule has 3 heterocycles. The molecule has 1 atom stereocenters. The first kappa shape index (κ1) is 15.4. The maximum absolute atomic E-state index is 12.0. The fraction of sp³-hybridized carbons (Fsp3) is 0.200. The third-order valence-corrected chi connectivity index (χ3v) is 4.37. The van der Waals surface area contributed by atoms with Gasteiger partial charge in [-0.15, -0.1) is 0 Å². The van der Waals surface area contributed by atoms with Crippen molar-refractivity contribution in [2.24, 2.45) is 0 Å². The smallest absolute Gasteiger partial charge is 0.254 e. The summed E-state index contributed by atoms with van der Waals surface area (Å²) in [5, 5.41) is 2.89. The monoisotopic (exact) mass is 334 g/mol. The summed E-state index contributed by atoms with van der Waals surface area (Å²) in [5.41, 5.74) is 4.70. The zero-order valence-corrected chi connectivity index (χ0v) is 13.9. The average Bonchev–Trinajstić information content (AvgIpc) is 3.29. The van der Waals surface area contributed by atoms with E-state index in [4.69, 9.17) is 9.15 Å². The van der Waals surface area contributed by atoms with Gasteiger partial charge in [0.05, 0.1) is 24.1 Å². The van der Waals surface area contributed by atoms with Crippen molar-refractivity contribution < 1.29 is 13.9 Å². The van der Waals surface area contributed by atoms with Gasteiger partial charge in [-0.25, -0.2) is 0 Å². The molecule has 4 rings (SSSR count). The first-order valence-corrected chi connectivity index (χ1v) is 8.23. The third-order valence-electron chi connectivity index (χ3n) is 4.37. The lowest BCUT2D eigenvalue weighted by Crippen LogP contribution is -2.34. The lowest BCUT2D eigenvalue weighted by molar-refractivity contribution is 0.0933. The van der Waals surface area contributed by atoms with Crippen LogP contribution in [-0.4, -0.2) is 23.5 Å². The van der Waals surface area contributed by atoms with Crippen LogP contribution in [0.2, 0.25) is 0 Å². The molecule has 1 N–H and O–H groups in total. The number of aryl methyl sites for hydroxylation is 1. The molecule has 5 heteroatoms. The van der Waals surface area contributed by atoms with Crippen LogP contribution in [0.4, 0.5) is 0 Å². The van der Waals surface area contributed by atoms with Crippen molar-refractivity contribution in [3.05, 3.63) is 71.8 Å². The second-order valence-corrected chi connectivity index (χ2v) is 6.13. The average molecular weight is 334 g/mol. The number of rotatable bonds is 4. The predicted molar refractivity (Wildman–Crippen MR) is 93.6 cm³/mol. The summed E-state index contributed by atoms with van der Waals surface area (Å²) >= 11 is 0. The third kappa shape index (κ3) is 3.01. The standard InChI is InChI=1S/C20H18N2O3/c1-13-4-3-8-21-18(13)17-6-2-5-14-10-16(25-19(14)17)11-22-20(23)15-7-9-24-12-15/h2-9,12,16H,10-11H2,1H3,(H,22,23)/t16-/m0/s1. The summed E-state index contributed by atoms with van der Waals surface area (Å²) in [6, 6.07) is 11.7. The van der Waals surface area contributed by atoms with Gasteiger partial charge in [-0.05, 0) is 36.2 Å². The number of para-hydroxylation sites is 1. The number of furan rings is 1. The molecule has 1 aliphatic heterocycles. The van der Waals surface area contributed by atoms with Crippen molar-refractivity contribution in [1.82, 2.24) is 10.3 Å². The zero-order chi connectivity index (χ0) is 17.2. The van der Waals surface area contributed by atoms with Gasteiger partial charge >= 0.3 is 0 Å². The minimum absolute atomic E-state index is 0.0870. The first-order chi connectivity index (χ1) is 12.2. The molecular formula is C20H18N2O3. The number of fused-ring (bicyclic) bond motifs is 1. The van der Waals surface area contributed by atoms with Gasteiger partial charge in [0.1, 0.15) is 18.1 Å². The van der Waals surface area contributed by atoms with E-state index < -0.39 is 0 Å². The highest BCUT2D eigenvalue weighted by atomic mass is 16.5. The number of carbonyl (C=O) groups is 1. The molecule has 0 bridgehead atoms. The highest BCUT2D eigenvalue weighted by Crippen LogP contribution is 2.38. The maximum atomic E-state index is 12.0. The number of pyridine rings is 1. The van der Waals surface area contributed by atoms with Crippen LogP contribution < -0.4 is 10.1 Å². The molecular weight excluding hydrogens is 316 g/mol. The Bertz CT molecular complexity index is 903. The normalized spacial score (nSPS) is 15.5. The molecule has 0 unspecified atom stereocenters. The number of amides is 1. The van der Waals surface area contributed by atoms with E-state index in [0.29, 0.717) is 12.1 Å². The maximum Gasteiger partial charge on any atom is 0.254 e. The minimum atomic E-state index is -0.158. The highest BCUT2D eigenvalue weighted by Gasteiger charge is 2.27. The number of nitrogens with zero attached hydrogens (tertiary/aromatic N) is 1. The first-order valence-electron chi connectivity index (χ1n) is 8.23. The number of aromatic nitrogens is 1. The molecule has 1 aromatic carbocycles. The fourth-order valence-electron chi connectivity index (χ4n) is 3.11. The molecule has 0 spiro atoms. The Balaban J connectivity index is 1.50. The van der Waals surface area contributed by atoms with Gasteiger partial charge in [-0.1, -0.05) is 18.2 Å². The van der Waals surface area contributed by atoms with Gasteiger partial charge in [0.25, 0.3) is 5.91 Å². The number of ether oxygens (including phenoxy) is 1. The molecule has 2 aromatic heterocycles. The van der Waals surface area contributed by atoms with E-state index in [9.17, 15) is 4.79 Å². The Morgan fingerprint density at radius 2 is 2.20 bits per heavy atom. The molecule has 1 amide bonds. The lowest BCUT2D eigenvalue weighted by Gasteiger charge is -2.13. The van der Waals surface area contributed by atoms with Crippen LogP contribution in [-0.2, 0) is 6.42 Å². The van der Waals surface area contributed by atoms with Crippen LogP contribution in [0.1, 0.15) is 21.5 Å². The topological polar surface area (TPSA) is 64.4 Å². The van der Waals surface area contributed by atoms with Crippen LogP contribution in [0.15, 0.2) is 59.5 Å². The minimum Gasteiger partial charge on any atom is -0.487 e. The van der Waals surface area contributed by atoms with Gasteiger partial charge < -0.3 is 14.5 Å². The van der Waals surface area contributed by atoms with Crippen molar-refractivity contribution in [1.29, 1.82) is 0 Å². The van der Waals surface area contributed by atoms with E-state index in [1.54, 1.807) is 12.3 Å². The fourth-order valence-corrected chi connectivity index (χ4v) is 3.11. The molecule has 0 saturated heterocycles. The molecule has 5 nitrogen and oxygen atoms in total. The summed E-state index contributed by atoms with van der Waals surface area (Å²) in [6.07, 6.45) is 5.39. The summed E-state index contributed by atoms with van der Waals surface area (Å²) in [6.45, 7) is 2.48. The van der Waals surface area contributed by atoms with Crippen molar-refractivity contribution in [2.45, 2.75) is 19.4 Å². The Kier molecular flexibility index (Phi) is 3.98. The largest absolute Gasteiger partial charge is 0.487 e. The lowest BCUT2D eigenvalue weighted by atomic mass is 10.0. The number of nitrogens with one attached hydrogen (secondary N) is 1. The summed E-state index contributed by atoms with van der Waals surface area (Å²) < 4.78 is 11.1. The van der Waals surface area contributed by atoms with Crippen molar-refractivity contribution in [3.63, 3.8) is 0 Å². The second-order valence-electron chi connectivity index (χ2n) is 6.13. The van der Waals surface area contributed by atoms with Crippen LogP contribution in [0, 0.1) is 6.92 Å². The van der Waals surface area contributed by atoms with Gasteiger partial charge in [0.2, 0.25) is 0 Å². The van der Waals surface area contributed by atoms with Crippen LogP contribution in [0.5, 0.6) is 5.75 Å². The summed E-state index contributed by atoms with van der Waals surface area (Å²) in [4.78, 5) is 16.5. The highest BCUT2D eigenvalue weighted by molar-refractivity contribution is 5.93. The zero-order valence-electron chi connectivity index (χ0n) is 13.9. The number of hydrogen-bond donors (Lipinski definition) is 1. The Morgan fingerprint density at radius 3 is 3.00 bits per heavy atom. The Labute approximate surface area is 145 Å². The second kappa shape index (κ2) is 6.43. The molecule has 0 saturated carbocycles. The summed E-state index contributed by atoms with van der Waals surface area (Å²) in [7, 11) is 0. The molecule has 126 valence electrons. The van der Waals surface area contributed by atoms with E-state index >= 15 is 0 Å². The van der Waals surface area contributed by atoms with Crippen LogP contribution >= 0.6 is 0 Å². The molecule has 1 aliphatic rings. The molecule has 3 aromatic rings. The number of hydrogen-bond acceptors (Lipinski definition) is 4. The van der Waals surface area contributed by atoms with E-state index in [1.165, 1.54) is 12.5 Å². The van der Waals surface area contributed by atoms with Crippen molar-refractivity contribution in [2.75, 3.05) is 6.54 Å². The molecule has 0 fully saturated rings. The molecule has 25 heavy (non-hydrogen) atoms. The van der Waals surface area contributed by atoms with Crippen molar-refractivity contribution >= 4 is 5.91 Å². The van der Waals surface area contributed by atoms with Gasteiger partial charge in [-0.2, -0.15) is 0 Å². The van der Waals surface area contributed by atoms with Gasteiger partial charge in [0.15, 0.2) is 0 Å². The Morgan fingerprint density at radius 1 is 1.28 bits per heavy atom. The van der Waals surface area contributed by atoms with Crippen molar-refractivity contribution in [3.8, 4) is 17.0 Å². The predicted octanol–water partition coefficient (Wildman–Crippen LogP) is 3.38. The number of benzene rings is 1. The van der Waals surface area contributed by atoms with E-state index in [0.717, 1.165) is 34.6 Å². The van der Waals surface area contributed by atoms with E-state index in [2.05, 4.69) is 16.4 Å². The van der Waals surface area contributed by atoms with Crippen LogP contribution in [0.25, 0.3) is 11.3 Å². The van der Waals surface area contributed by atoms with E-state index in [-0.39, 0.29) is 12.0 Å². The Hall–Kier alpha value is -3.08. The van der Waals surface area contributed by atoms with Gasteiger partial charge in [0, 0.05) is 18.2 Å². The van der Waals surface area contributed by atoms with Gasteiger partial charge in [-0.3, -0.25) is 9.78 Å². The SMILES string of the molecule is Cc1cccnc1-c1cccc2c1O[C@H](CNC(=O)c1ccoc1)C2. The molecule has 0 radical (unpaired) electrons. The van der Waals surface area contributed by atoms with Crippen LogP contribution in [0.3, 0.4) is 0 Å². The quantitative estimate of drug-likeness (QED) is 0.794.